The zero-order valence-corrected chi connectivity index (χ0v) is 26.7. The molecule has 1 saturated carbocycles. The fourth-order valence-corrected chi connectivity index (χ4v) is 6.28. The van der Waals surface area contributed by atoms with E-state index in [-0.39, 0.29) is 22.3 Å². The molecular formula is C36H32O16. The molecule has 1 aliphatic carbocycles. The zero-order valence-electron chi connectivity index (χ0n) is 26.7. The van der Waals surface area contributed by atoms with Crippen LogP contribution >= 0.6 is 0 Å². The third-order valence-electron chi connectivity index (χ3n) is 8.85. The molecule has 0 unspecified atom stereocenters. The summed E-state index contributed by atoms with van der Waals surface area (Å²) in [7, 11) is 0. The number of phenolic OH excluding ortho intramolecular Hbond substituents is 8. The minimum absolute atomic E-state index is 0.128. The number of hydrogen-bond acceptors (Lipinski definition) is 14. The van der Waals surface area contributed by atoms with E-state index in [1.165, 1.54) is 24.3 Å². The number of aromatic hydroxyl groups is 8. The van der Waals surface area contributed by atoms with E-state index in [0.717, 1.165) is 48.5 Å². The van der Waals surface area contributed by atoms with Crippen molar-refractivity contribution in [3.8, 4) is 46.0 Å². The fourth-order valence-electron chi connectivity index (χ4n) is 6.28. The molecule has 0 heterocycles. The number of esters is 2. The Balaban J connectivity index is 1.56. The quantitative estimate of drug-likeness (QED) is 0.0743. The second-order valence-corrected chi connectivity index (χ2v) is 12.2. The molecule has 5 rings (SSSR count). The Hall–Kier alpha value is -6.84. The van der Waals surface area contributed by atoms with E-state index in [1.807, 2.05) is 0 Å². The Morgan fingerprint density at radius 3 is 1.06 bits per heavy atom. The number of carbonyl (C=O) groups is 4. The second-order valence-electron chi connectivity index (χ2n) is 12.2. The number of carboxylic acids is 2. The van der Waals surface area contributed by atoms with Gasteiger partial charge in [-0.3, -0.25) is 9.59 Å². The van der Waals surface area contributed by atoms with Crippen molar-refractivity contribution in [3.63, 3.8) is 0 Å². The van der Waals surface area contributed by atoms with Crippen LogP contribution in [0.25, 0.3) is 0 Å². The molecule has 16 heteroatoms. The minimum atomic E-state index is -1.91. The first-order chi connectivity index (χ1) is 24.5. The van der Waals surface area contributed by atoms with Gasteiger partial charge in [-0.05, 0) is 70.8 Å². The Labute approximate surface area is 293 Å². The number of carbonyl (C=O) groups excluding carboxylic acids is 2. The van der Waals surface area contributed by atoms with Gasteiger partial charge in [-0.1, -0.05) is 24.3 Å². The number of phenols is 8. The SMILES string of the molecule is O=C(O[C@@H](Cc1ccc(O)c(O)c1)C(=O)O)[C@@H]1[C@@H](C(=O)O[C@@H](Cc2ccc(O)c(O)c2)C(=O)O)[C@H](c2ccc(O)c(O)c2)[C@@H]1c1ccc(O)c(O)c1. The number of rotatable bonds is 12. The van der Waals surface area contributed by atoms with E-state index in [0.29, 0.717) is 0 Å². The Morgan fingerprint density at radius 1 is 0.462 bits per heavy atom. The van der Waals surface area contributed by atoms with Crippen molar-refractivity contribution < 1.29 is 79.7 Å². The Morgan fingerprint density at radius 2 is 0.769 bits per heavy atom. The first-order valence-corrected chi connectivity index (χ1v) is 15.5. The molecule has 6 atom stereocenters. The van der Waals surface area contributed by atoms with E-state index in [1.54, 1.807) is 0 Å². The maximum Gasteiger partial charge on any atom is 0.345 e. The summed E-state index contributed by atoms with van der Waals surface area (Å²) in [5.41, 5.74) is 0.538. The largest absolute Gasteiger partial charge is 0.504 e. The third-order valence-corrected chi connectivity index (χ3v) is 8.85. The first-order valence-electron chi connectivity index (χ1n) is 15.5. The number of aliphatic carboxylic acids is 2. The van der Waals surface area contributed by atoms with Gasteiger partial charge in [-0.25, -0.2) is 9.59 Å². The van der Waals surface area contributed by atoms with E-state index in [2.05, 4.69) is 0 Å². The Bertz CT molecular complexity index is 1900. The van der Waals surface area contributed by atoms with Crippen molar-refractivity contribution in [2.75, 3.05) is 0 Å². The highest BCUT2D eigenvalue weighted by Gasteiger charge is 2.60. The van der Waals surface area contributed by atoms with E-state index in [4.69, 9.17) is 9.47 Å². The first kappa shape index (κ1) is 36.4. The van der Waals surface area contributed by atoms with Gasteiger partial charge in [0, 0.05) is 24.7 Å². The molecule has 4 aromatic carbocycles. The van der Waals surface area contributed by atoms with Gasteiger partial charge in [0.25, 0.3) is 0 Å². The van der Waals surface area contributed by atoms with Crippen LogP contribution in [0.4, 0.5) is 0 Å². The highest BCUT2D eigenvalue weighted by atomic mass is 16.6. The van der Waals surface area contributed by atoms with Crippen molar-refractivity contribution >= 4 is 23.9 Å². The highest BCUT2D eigenvalue weighted by Crippen LogP contribution is 2.60. The highest BCUT2D eigenvalue weighted by molar-refractivity contribution is 5.90. The van der Waals surface area contributed by atoms with E-state index >= 15 is 0 Å². The molecule has 272 valence electrons. The predicted octanol–water partition coefficient (Wildman–Crippen LogP) is 2.92. The van der Waals surface area contributed by atoms with Crippen molar-refractivity contribution in [1.29, 1.82) is 0 Å². The predicted molar refractivity (Wildman–Crippen MR) is 174 cm³/mol. The molecule has 1 fully saturated rings. The van der Waals surface area contributed by atoms with Crippen LogP contribution in [-0.2, 0) is 41.5 Å². The van der Waals surface area contributed by atoms with Crippen molar-refractivity contribution in [2.24, 2.45) is 11.8 Å². The molecule has 0 aliphatic heterocycles. The molecule has 10 N–H and O–H groups in total. The number of hydrogen-bond donors (Lipinski definition) is 10. The lowest BCUT2D eigenvalue weighted by Crippen LogP contribution is -2.54. The topological polar surface area (TPSA) is 289 Å². The summed E-state index contributed by atoms with van der Waals surface area (Å²) in [4.78, 5) is 52.6. The average Bonchev–Trinajstić information content (AvgIpc) is 3.06. The standard InChI is InChI=1S/C36H32O16/c37-19-5-1-15(9-23(19)41)11-27(33(45)46)51-35(49)31-29(17-3-7-21(39)25(43)13-17)30(18-4-8-22(40)26(44)14-18)32(31)36(50)52-28(34(47)48)12-16-2-6-20(38)24(42)10-16/h1-10,13-14,27-32,37-44H,11-12H2,(H,45,46)(H,47,48)/t27-,28-,29-,30+,31-,32-/m0/s1. The minimum Gasteiger partial charge on any atom is -0.504 e. The average molecular weight is 721 g/mol. The van der Waals surface area contributed by atoms with Crippen LogP contribution in [0, 0.1) is 11.8 Å². The summed E-state index contributed by atoms with van der Waals surface area (Å²) in [6, 6.07) is 13.8. The number of carboxylic acid groups (broad SMARTS) is 2. The normalized spacial score (nSPS) is 19.1. The van der Waals surface area contributed by atoms with Gasteiger partial charge in [0.05, 0.1) is 11.8 Å². The molecule has 0 spiro atoms. The van der Waals surface area contributed by atoms with Gasteiger partial charge in [0.15, 0.2) is 46.0 Å². The van der Waals surface area contributed by atoms with Crippen LogP contribution in [0.1, 0.15) is 34.1 Å². The lowest BCUT2D eigenvalue weighted by Gasteiger charge is -2.50. The molecule has 0 aromatic heterocycles. The van der Waals surface area contributed by atoms with Crippen molar-refractivity contribution in [3.05, 3.63) is 95.1 Å². The summed E-state index contributed by atoms with van der Waals surface area (Å²) in [5, 5.41) is 99.6. The van der Waals surface area contributed by atoms with Crippen molar-refractivity contribution in [1.82, 2.24) is 0 Å². The third kappa shape index (κ3) is 7.50. The van der Waals surface area contributed by atoms with Crippen molar-refractivity contribution in [2.45, 2.75) is 36.9 Å². The number of ether oxygens (including phenoxy) is 2. The molecule has 0 amide bonds. The monoisotopic (exact) mass is 720 g/mol. The summed E-state index contributed by atoms with van der Waals surface area (Å²) >= 11 is 0. The van der Waals surface area contributed by atoms with Gasteiger partial charge in [-0.2, -0.15) is 0 Å². The summed E-state index contributed by atoms with van der Waals surface area (Å²) in [6.45, 7) is 0. The summed E-state index contributed by atoms with van der Waals surface area (Å²) in [6.07, 6.45) is -4.82. The van der Waals surface area contributed by atoms with Gasteiger partial charge >= 0.3 is 23.9 Å². The summed E-state index contributed by atoms with van der Waals surface area (Å²) < 4.78 is 10.8. The molecule has 0 bridgehead atoms. The lowest BCUT2D eigenvalue weighted by molar-refractivity contribution is -0.184. The van der Waals surface area contributed by atoms with Crippen LogP contribution in [0.5, 0.6) is 46.0 Å². The molecule has 1 aliphatic rings. The number of benzene rings is 4. The maximum atomic E-state index is 14.0. The van der Waals surface area contributed by atoms with E-state index < -0.39 is 119 Å². The van der Waals surface area contributed by atoms with Gasteiger partial charge in [-0.15, -0.1) is 0 Å². The molecule has 4 aromatic rings. The van der Waals surface area contributed by atoms with Crippen LogP contribution < -0.4 is 0 Å². The van der Waals surface area contributed by atoms with Gasteiger partial charge < -0.3 is 60.5 Å². The molecule has 16 nitrogen and oxygen atoms in total. The van der Waals surface area contributed by atoms with Crippen LogP contribution in [0.3, 0.4) is 0 Å². The van der Waals surface area contributed by atoms with Gasteiger partial charge in [0.2, 0.25) is 12.2 Å². The zero-order chi connectivity index (χ0) is 38.0. The van der Waals surface area contributed by atoms with Crippen LogP contribution in [0.15, 0.2) is 72.8 Å². The molecule has 0 saturated heterocycles. The second kappa shape index (κ2) is 14.6. The van der Waals surface area contributed by atoms with Crippen LogP contribution in [0.2, 0.25) is 0 Å². The smallest absolute Gasteiger partial charge is 0.345 e. The fraction of sp³-hybridized carbons (Fsp3) is 0.222. The van der Waals surface area contributed by atoms with Crippen LogP contribution in [-0.4, -0.2) is 87.2 Å². The lowest BCUT2D eigenvalue weighted by atomic mass is 9.52. The maximum absolute atomic E-state index is 14.0. The molecule has 0 radical (unpaired) electrons. The van der Waals surface area contributed by atoms with Gasteiger partial charge in [0.1, 0.15) is 0 Å². The summed E-state index contributed by atoms with van der Waals surface area (Å²) in [5.74, 6) is -15.9. The Kier molecular flexibility index (Phi) is 10.2. The van der Waals surface area contributed by atoms with E-state index in [9.17, 15) is 70.2 Å². The molecule has 52 heavy (non-hydrogen) atoms. The molecular weight excluding hydrogens is 688 g/mol.